The Balaban J connectivity index is 0.644. The van der Waals surface area contributed by atoms with Crippen LogP contribution in [-0.4, -0.2) is 155 Å². The van der Waals surface area contributed by atoms with Crippen molar-refractivity contribution in [3.05, 3.63) is 110 Å². The SMILES string of the molecule is CC[C@@]1(O)C(=O)OCc2c1cc1n(c2=O)Cc2c-1nc1cc(F)c(C)c3c1c2[C@@H](N(C)C(=O)C1(OCCC(=O)CNC(=O)[C@@H](CC(=O)CNC(=O)CCC(=O)COCCOCCNC(=O)C2CCC(CN4C(=O)C=CC4=O)CC2)Cc2ccccc2)CC1)CC3. The van der Waals surface area contributed by atoms with Crippen molar-refractivity contribution in [1.82, 2.24) is 35.3 Å². The van der Waals surface area contributed by atoms with E-state index in [2.05, 4.69) is 16.0 Å². The van der Waals surface area contributed by atoms with Gasteiger partial charge in [0.1, 0.15) is 24.6 Å². The Morgan fingerprint density at radius 3 is 2.28 bits per heavy atom. The van der Waals surface area contributed by atoms with Gasteiger partial charge in [-0.3, -0.25) is 52.8 Å². The average molecular weight is 1240 g/mol. The highest BCUT2D eigenvalue weighted by molar-refractivity contribution is 6.13. The van der Waals surface area contributed by atoms with Crippen LogP contribution >= 0.6 is 0 Å². The number of aromatic nitrogens is 2. The maximum absolute atomic E-state index is 15.6. The number of ether oxygens (including phenoxy) is 4. The monoisotopic (exact) mass is 1240 g/mol. The van der Waals surface area contributed by atoms with Gasteiger partial charge in [-0.05, 0) is 105 Å². The smallest absolute Gasteiger partial charge is 0.343 e. The molecule has 2 aromatic heterocycles. The van der Waals surface area contributed by atoms with Gasteiger partial charge in [-0.15, -0.1) is 0 Å². The fourth-order valence-corrected chi connectivity index (χ4v) is 13.1. The topological polar surface area (TPSA) is 305 Å². The van der Waals surface area contributed by atoms with Gasteiger partial charge in [-0.2, -0.15) is 0 Å². The summed E-state index contributed by atoms with van der Waals surface area (Å²) in [4.78, 5) is 151. The van der Waals surface area contributed by atoms with Gasteiger partial charge in [0.05, 0.1) is 74.6 Å². The number of aryl methyl sites for hydroxylation is 1. The molecule has 478 valence electrons. The Hall–Kier alpha value is -8.19. The van der Waals surface area contributed by atoms with Crippen molar-refractivity contribution < 1.29 is 76.4 Å². The average Bonchev–Trinajstić information content (AvgIpc) is 1.37. The highest BCUT2D eigenvalue weighted by Crippen LogP contribution is 2.50. The van der Waals surface area contributed by atoms with Crippen LogP contribution in [0.25, 0.3) is 22.3 Å². The normalized spacial score (nSPS) is 20.4. The number of nitrogens with one attached hydrogen (secondary N) is 3. The molecular weight excluding hydrogens is 1170 g/mol. The Morgan fingerprint density at radius 1 is 0.833 bits per heavy atom. The minimum Gasteiger partial charge on any atom is -0.458 e. The van der Waals surface area contributed by atoms with Crippen molar-refractivity contribution in [1.29, 1.82) is 0 Å². The third kappa shape index (κ3) is 14.1. The lowest BCUT2D eigenvalue weighted by atomic mass is 9.81. The predicted octanol–water partition coefficient (Wildman–Crippen LogP) is 3.76. The number of carbonyl (C=O) groups is 10. The van der Waals surface area contributed by atoms with E-state index in [4.69, 9.17) is 23.9 Å². The first-order valence-corrected chi connectivity index (χ1v) is 31.0. The van der Waals surface area contributed by atoms with Crippen LogP contribution < -0.4 is 21.5 Å². The number of fused-ring (bicyclic) bond motifs is 5. The third-order valence-corrected chi connectivity index (χ3v) is 18.5. The van der Waals surface area contributed by atoms with Crippen LogP contribution in [0.15, 0.2) is 59.4 Å². The van der Waals surface area contributed by atoms with Gasteiger partial charge < -0.3 is 49.5 Å². The number of cyclic esters (lactones) is 1. The van der Waals surface area contributed by atoms with Crippen molar-refractivity contribution in [2.24, 2.45) is 17.8 Å². The van der Waals surface area contributed by atoms with Gasteiger partial charge in [0.15, 0.2) is 23.0 Å². The minimum absolute atomic E-state index is 0.0446. The summed E-state index contributed by atoms with van der Waals surface area (Å²) in [7, 11) is 1.68. The van der Waals surface area contributed by atoms with Crippen molar-refractivity contribution in [2.45, 2.75) is 134 Å². The molecule has 4 aromatic rings. The summed E-state index contributed by atoms with van der Waals surface area (Å²) in [5.74, 6) is -5.42. The largest absolute Gasteiger partial charge is 0.458 e. The van der Waals surface area contributed by atoms with E-state index in [0.717, 1.165) is 29.5 Å². The molecule has 6 amide bonds. The number of benzene rings is 2. The first-order chi connectivity index (χ1) is 43.2. The number of pyridine rings is 2. The van der Waals surface area contributed by atoms with E-state index >= 15 is 4.39 Å². The molecule has 0 spiro atoms. The van der Waals surface area contributed by atoms with Crippen LogP contribution in [0.5, 0.6) is 0 Å². The van der Waals surface area contributed by atoms with Gasteiger partial charge in [-0.25, -0.2) is 14.2 Å². The van der Waals surface area contributed by atoms with Crippen LogP contribution in [0, 0.1) is 30.5 Å². The number of Topliss-reactive ketones (excluding diaryl/α,β-unsaturated/α-hetero) is 3. The minimum atomic E-state index is -2.05. The predicted molar refractivity (Wildman–Crippen MR) is 320 cm³/mol. The lowest BCUT2D eigenvalue weighted by Gasteiger charge is -2.36. The van der Waals surface area contributed by atoms with E-state index in [9.17, 15) is 57.8 Å². The maximum Gasteiger partial charge on any atom is 0.343 e. The molecule has 3 aliphatic carbocycles. The molecule has 23 nitrogen and oxygen atoms in total. The molecule has 2 fully saturated rings. The van der Waals surface area contributed by atoms with E-state index in [-0.39, 0.29) is 156 Å². The van der Waals surface area contributed by atoms with Crippen molar-refractivity contribution in [3.8, 4) is 11.4 Å². The number of halogens is 1. The van der Waals surface area contributed by atoms with Crippen LogP contribution in [0.4, 0.5) is 4.39 Å². The van der Waals surface area contributed by atoms with Crippen molar-refractivity contribution >= 4 is 69.7 Å². The highest BCUT2D eigenvalue weighted by atomic mass is 19.1. The standard InChI is InChI=1S/C66H76FN7O16/c1-4-66(86)49-30-53-59-47(35-73(53)62(83)48(49)37-89-64(66)85)58-52(16-15-46-38(2)50(67)31-51(71-59)57(46)58)72(3)63(84)65(21-22-65)90-24-20-43(75)32-70-61(82)42(28-39-8-6-5-7-9-39)29-45(77)33-69-54(78)17-14-44(76)36-88-27-26-87-25-23-68-60(81)41-12-10-40(11-13-41)34-74-55(79)18-19-56(74)80/h5-9,18-19,30-31,40-42,52,86H,4,10-17,20-29,32-37H2,1-3H3,(H,68,81)(H,69,78)(H,70,82)/t40?,41?,42-,52+,66+/m1/s1. The summed E-state index contributed by atoms with van der Waals surface area (Å²) in [6.07, 6.45) is 6.39. The molecule has 3 atom stereocenters. The van der Waals surface area contributed by atoms with Gasteiger partial charge in [0.25, 0.3) is 23.3 Å². The third-order valence-electron chi connectivity index (χ3n) is 18.5. The number of amides is 6. The van der Waals surface area contributed by atoms with E-state index in [0.29, 0.717) is 85.0 Å². The Kier molecular flexibility index (Phi) is 20.1. The summed E-state index contributed by atoms with van der Waals surface area (Å²) < 4.78 is 39.5. The molecule has 0 radical (unpaired) electrons. The molecule has 2 saturated carbocycles. The van der Waals surface area contributed by atoms with Gasteiger partial charge in [0, 0.05) is 92.4 Å². The van der Waals surface area contributed by atoms with E-state index in [1.807, 2.05) is 6.07 Å². The lowest BCUT2D eigenvalue weighted by molar-refractivity contribution is -0.172. The first-order valence-electron chi connectivity index (χ1n) is 31.0. The maximum atomic E-state index is 15.6. The number of hydrogen-bond acceptors (Lipinski definition) is 17. The number of esters is 1. The molecule has 0 unspecified atom stereocenters. The number of nitrogens with zero attached hydrogens (tertiary/aromatic N) is 4. The Labute approximate surface area is 518 Å². The highest BCUT2D eigenvalue weighted by Gasteiger charge is 2.54. The van der Waals surface area contributed by atoms with Crippen LogP contribution in [0.2, 0.25) is 0 Å². The molecule has 24 heteroatoms. The van der Waals surface area contributed by atoms with Gasteiger partial charge >= 0.3 is 5.97 Å². The van der Waals surface area contributed by atoms with Crippen LogP contribution in [0.3, 0.4) is 0 Å². The zero-order valence-corrected chi connectivity index (χ0v) is 50.9. The molecule has 5 heterocycles. The molecule has 2 aromatic carbocycles. The summed E-state index contributed by atoms with van der Waals surface area (Å²) >= 11 is 0. The van der Waals surface area contributed by atoms with E-state index in [1.54, 1.807) is 56.1 Å². The van der Waals surface area contributed by atoms with Gasteiger partial charge in [-0.1, -0.05) is 37.3 Å². The number of rotatable bonds is 30. The van der Waals surface area contributed by atoms with Gasteiger partial charge in [0.2, 0.25) is 17.7 Å². The van der Waals surface area contributed by atoms with Crippen LogP contribution in [-0.2, 0) is 98.5 Å². The zero-order valence-electron chi connectivity index (χ0n) is 50.9. The summed E-state index contributed by atoms with van der Waals surface area (Å²) in [5.41, 5.74) is 1.00. The number of ketones is 3. The Morgan fingerprint density at radius 2 is 1.56 bits per heavy atom. The quantitative estimate of drug-likeness (QED) is 0.0289. The number of imide groups is 1. The van der Waals surface area contributed by atoms with E-state index in [1.165, 1.54) is 27.7 Å². The molecule has 4 N–H and O–H groups in total. The fraction of sp³-hybridized carbons (Fsp3) is 0.515. The second kappa shape index (κ2) is 27.9. The zero-order chi connectivity index (χ0) is 64.0. The molecular formula is C66H76FN7O16. The second-order valence-corrected chi connectivity index (χ2v) is 24.4. The molecule has 0 saturated heterocycles. The lowest BCUT2D eigenvalue weighted by Crippen LogP contribution is -2.44. The molecule has 90 heavy (non-hydrogen) atoms. The number of aliphatic hydroxyl groups is 1. The Bertz CT molecular complexity index is 3610. The van der Waals surface area contributed by atoms with Crippen molar-refractivity contribution in [2.75, 3.05) is 66.3 Å². The number of hydrogen-bond donors (Lipinski definition) is 4. The molecule has 6 aliphatic rings. The van der Waals surface area contributed by atoms with Crippen molar-refractivity contribution in [3.63, 3.8) is 0 Å². The second-order valence-electron chi connectivity index (χ2n) is 24.4. The molecule has 0 bridgehead atoms. The number of carbonyl (C=O) groups excluding carboxylic acids is 10. The summed E-state index contributed by atoms with van der Waals surface area (Å²) in [5, 5.41) is 20.2. The summed E-state index contributed by atoms with van der Waals surface area (Å²) in [6.45, 7) is 3.12. The van der Waals surface area contributed by atoms with E-state index < -0.39 is 58.1 Å². The fourth-order valence-electron chi connectivity index (χ4n) is 13.1. The first kappa shape index (κ1) is 64.8. The summed E-state index contributed by atoms with van der Waals surface area (Å²) in [6, 6.07) is 11.4. The molecule has 10 rings (SSSR count). The number of likely N-dealkylation sites (N-methyl/N-ethyl adjacent to an activating group) is 1. The molecule has 3 aliphatic heterocycles. The van der Waals surface area contributed by atoms with Crippen LogP contribution in [0.1, 0.15) is 129 Å².